The number of hydrogen-bond acceptors (Lipinski definition) is 8. The molecule has 28 heavy (non-hydrogen) atoms. The molecule has 0 amide bonds. The normalized spacial score (nSPS) is 21.0. The fourth-order valence-electron chi connectivity index (χ4n) is 3.00. The van der Waals surface area contributed by atoms with Crippen molar-refractivity contribution in [2.75, 3.05) is 5.43 Å². The van der Waals surface area contributed by atoms with Crippen molar-refractivity contribution in [1.29, 1.82) is 0 Å². The first kappa shape index (κ1) is 20.6. The molecule has 0 unspecified atom stereocenters. The van der Waals surface area contributed by atoms with Crippen LogP contribution in [0.5, 0.6) is 0 Å². The summed E-state index contributed by atoms with van der Waals surface area (Å²) in [7, 11) is -3.38. The van der Waals surface area contributed by atoms with Crippen molar-refractivity contribution < 1.29 is 8.42 Å². The molecule has 0 bridgehead atoms. The van der Waals surface area contributed by atoms with E-state index < -0.39 is 14.8 Å². The Bertz CT molecular complexity index is 855. The van der Waals surface area contributed by atoms with Gasteiger partial charge in [-0.15, -0.1) is 15.0 Å². The number of rotatable bonds is 6. The number of hydroxylamine groups is 1. The van der Waals surface area contributed by atoms with Gasteiger partial charge in [0.25, 0.3) is 0 Å². The van der Waals surface area contributed by atoms with Gasteiger partial charge in [-0.05, 0) is 75.9 Å². The zero-order chi connectivity index (χ0) is 20.4. The molecule has 0 spiro atoms. The number of anilines is 1. The quantitative estimate of drug-likeness (QED) is 0.693. The molecule has 1 heterocycles. The van der Waals surface area contributed by atoms with Gasteiger partial charge in [0.15, 0.2) is 6.33 Å². The number of hydrazine groups is 1. The first-order valence-corrected chi connectivity index (χ1v) is 10.7. The summed E-state index contributed by atoms with van der Waals surface area (Å²) in [5, 5.41) is 24.7. The first-order chi connectivity index (χ1) is 13.2. The Labute approximate surface area is 164 Å². The Morgan fingerprint density at radius 3 is 2.32 bits per heavy atom. The van der Waals surface area contributed by atoms with Gasteiger partial charge in [-0.25, -0.2) is 13.1 Å². The van der Waals surface area contributed by atoms with E-state index in [2.05, 4.69) is 25.6 Å². The predicted octanol–water partition coefficient (Wildman–Crippen LogP) is 1.82. The lowest BCUT2D eigenvalue weighted by Crippen LogP contribution is -2.48. The van der Waals surface area contributed by atoms with Crippen LogP contribution in [0.15, 0.2) is 30.6 Å². The third kappa shape index (κ3) is 4.85. The molecule has 0 aliphatic heterocycles. The van der Waals surface area contributed by atoms with E-state index in [4.69, 9.17) is 0 Å². The van der Waals surface area contributed by atoms with Crippen molar-refractivity contribution in [3.8, 4) is 5.69 Å². The zero-order valence-electron chi connectivity index (χ0n) is 16.2. The molecule has 11 heteroatoms. The zero-order valence-corrected chi connectivity index (χ0v) is 17.1. The SMILES string of the molecule is CC(C)(C)S(=O)(=O)NC1CCC(N([O-])Nc2ccc(-n3ncnn3)cc2)CC1. The average Bonchev–Trinajstić information content (AvgIpc) is 3.16. The number of benzene rings is 1. The molecule has 1 aliphatic rings. The lowest BCUT2D eigenvalue weighted by atomic mass is 9.92. The Balaban J connectivity index is 1.51. The second-order valence-corrected chi connectivity index (χ2v) is 10.4. The summed E-state index contributed by atoms with van der Waals surface area (Å²) < 4.78 is 26.5. The highest BCUT2D eigenvalue weighted by molar-refractivity contribution is 7.90. The van der Waals surface area contributed by atoms with Gasteiger partial charge in [-0.1, -0.05) is 0 Å². The highest BCUT2D eigenvalue weighted by atomic mass is 32.2. The second kappa shape index (κ2) is 8.11. The minimum atomic E-state index is -3.38. The van der Waals surface area contributed by atoms with Gasteiger partial charge in [0, 0.05) is 17.8 Å². The standard InChI is InChI=1S/C17H26N7O3S/c1-17(2,3)28(26,27)21-14-6-10-16(11-7-14)24(25)20-13-4-8-15(9-5-13)23-19-12-18-22-23/h4-5,8-9,12,14,16,20-21H,6-7,10-11H2,1-3H3/q-1. The highest BCUT2D eigenvalue weighted by Gasteiger charge is 2.33. The van der Waals surface area contributed by atoms with Crippen LogP contribution < -0.4 is 10.1 Å². The van der Waals surface area contributed by atoms with Crippen LogP contribution in [0.3, 0.4) is 0 Å². The minimum absolute atomic E-state index is 0.122. The van der Waals surface area contributed by atoms with Crippen molar-refractivity contribution in [2.24, 2.45) is 0 Å². The third-order valence-corrected chi connectivity index (χ3v) is 7.10. The number of aromatic nitrogens is 4. The van der Waals surface area contributed by atoms with Crippen molar-refractivity contribution in [3.05, 3.63) is 35.8 Å². The molecule has 2 aromatic rings. The second-order valence-electron chi connectivity index (χ2n) is 7.95. The molecule has 3 rings (SSSR count). The Hall–Kier alpha value is -2.08. The summed E-state index contributed by atoms with van der Waals surface area (Å²) in [5.41, 5.74) is 4.25. The molecule has 1 aliphatic carbocycles. The van der Waals surface area contributed by atoms with Gasteiger partial charge >= 0.3 is 0 Å². The summed E-state index contributed by atoms with van der Waals surface area (Å²) in [4.78, 5) is 1.39. The van der Waals surface area contributed by atoms with Crippen LogP contribution in [0.2, 0.25) is 0 Å². The van der Waals surface area contributed by atoms with Gasteiger partial charge in [0.1, 0.15) is 0 Å². The molecular weight excluding hydrogens is 382 g/mol. The van der Waals surface area contributed by atoms with Crippen molar-refractivity contribution in [2.45, 2.75) is 63.3 Å². The molecule has 2 N–H and O–H groups in total. The van der Waals surface area contributed by atoms with Crippen LogP contribution in [0.4, 0.5) is 5.69 Å². The topological polar surface area (TPSA) is 128 Å². The molecule has 0 atom stereocenters. The maximum atomic E-state index is 12.5. The van der Waals surface area contributed by atoms with E-state index in [1.807, 2.05) is 0 Å². The summed E-state index contributed by atoms with van der Waals surface area (Å²) in [6, 6.07) is 6.79. The van der Waals surface area contributed by atoms with E-state index in [-0.39, 0.29) is 12.1 Å². The fourth-order valence-corrected chi connectivity index (χ4v) is 4.03. The summed E-state index contributed by atoms with van der Waals surface area (Å²) in [6.45, 7) is 5.03. The van der Waals surface area contributed by atoms with Crippen molar-refractivity contribution in [3.63, 3.8) is 0 Å². The van der Waals surface area contributed by atoms with Crippen molar-refractivity contribution in [1.82, 2.24) is 30.1 Å². The van der Waals surface area contributed by atoms with Gasteiger partial charge in [-0.2, -0.15) is 0 Å². The largest absolute Gasteiger partial charge is 0.767 e. The van der Waals surface area contributed by atoms with Gasteiger partial charge in [0.2, 0.25) is 10.0 Å². The van der Waals surface area contributed by atoms with Gasteiger partial charge in [-0.3, -0.25) is 5.17 Å². The van der Waals surface area contributed by atoms with Crippen LogP contribution in [-0.4, -0.2) is 50.6 Å². The van der Waals surface area contributed by atoms with E-state index in [1.165, 1.54) is 11.1 Å². The molecule has 1 aromatic carbocycles. The number of tetrazole rings is 1. The van der Waals surface area contributed by atoms with Crippen LogP contribution in [0.1, 0.15) is 46.5 Å². The van der Waals surface area contributed by atoms with Gasteiger partial charge in [0.05, 0.1) is 10.4 Å². The summed E-state index contributed by atoms with van der Waals surface area (Å²) in [6.07, 6.45) is 3.86. The lowest BCUT2D eigenvalue weighted by molar-refractivity contribution is 0.232. The van der Waals surface area contributed by atoms with Crippen molar-refractivity contribution >= 4 is 15.7 Å². The van der Waals surface area contributed by atoms with Crippen LogP contribution in [0, 0.1) is 5.21 Å². The number of hydrogen-bond donors (Lipinski definition) is 2. The number of nitrogens with zero attached hydrogens (tertiary/aromatic N) is 5. The third-order valence-electron chi connectivity index (χ3n) is 4.84. The fraction of sp³-hybridized carbons (Fsp3) is 0.588. The molecule has 10 nitrogen and oxygen atoms in total. The highest BCUT2D eigenvalue weighted by Crippen LogP contribution is 2.25. The first-order valence-electron chi connectivity index (χ1n) is 9.24. The molecule has 154 valence electrons. The molecular formula is C17H26N7O3S-. The summed E-state index contributed by atoms with van der Waals surface area (Å²) >= 11 is 0. The lowest BCUT2D eigenvalue weighted by Gasteiger charge is -2.41. The Kier molecular flexibility index (Phi) is 5.98. The molecule has 1 saturated carbocycles. The average molecular weight is 409 g/mol. The van der Waals surface area contributed by atoms with Crippen LogP contribution >= 0.6 is 0 Å². The Morgan fingerprint density at radius 2 is 1.79 bits per heavy atom. The van der Waals surface area contributed by atoms with Crippen LogP contribution in [-0.2, 0) is 10.0 Å². The van der Waals surface area contributed by atoms with E-state index in [0.29, 0.717) is 31.4 Å². The van der Waals surface area contributed by atoms with Gasteiger partial charge < -0.3 is 10.6 Å². The van der Waals surface area contributed by atoms with E-state index in [0.717, 1.165) is 10.9 Å². The Morgan fingerprint density at radius 1 is 1.14 bits per heavy atom. The maximum Gasteiger partial charge on any atom is 0.216 e. The van der Waals surface area contributed by atoms with Crippen LogP contribution in [0.25, 0.3) is 5.69 Å². The molecule has 0 radical (unpaired) electrons. The summed E-state index contributed by atoms with van der Waals surface area (Å²) in [5.74, 6) is 0. The maximum absolute atomic E-state index is 12.5. The van der Waals surface area contributed by atoms with E-state index in [9.17, 15) is 13.6 Å². The smallest absolute Gasteiger partial charge is 0.216 e. The predicted molar refractivity (Wildman–Crippen MR) is 106 cm³/mol. The van der Waals surface area contributed by atoms with E-state index >= 15 is 0 Å². The molecule has 0 saturated heterocycles. The van der Waals surface area contributed by atoms with E-state index in [1.54, 1.807) is 45.0 Å². The minimum Gasteiger partial charge on any atom is -0.767 e. The monoisotopic (exact) mass is 408 g/mol. The molecule has 1 fully saturated rings. The number of nitrogens with one attached hydrogen (secondary N) is 2. The number of sulfonamides is 1. The molecule has 1 aromatic heterocycles.